The van der Waals surface area contributed by atoms with Crippen molar-refractivity contribution in [3.63, 3.8) is 0 Å². The molecule has 0 aliphatic heterocycles. The van der Waals surface area contributed by atoms with Gasteiger partial charge < -0.3 is 20.9 Å². The van der Waals surface area contributed by atoms with Crippen LogP contribution in [0.15, 0.2) is 0 Å². The number of esters is 1. The van der Waals surface area contributed by atoms with Gasteiger partial charge in [-0.1, -0.05) is 20.8 Å². The number of aliphatic hydroxyl groups is 1. The first-order valence-corrected chi connectivity index (χ1v) is 6.95. The number of rotatable bonds is 8. The first-order valence-electron chi connectivity index (χ1n) is 6.95. The fourth-order valence-corrected chi connectivity index (χ4v) is 2.04. The zero-order valence-corrected chi connectivity index (χ0v) is 12.9. The van der Waals surface area contributed by atoms with Crippen LogP contribution in [-0.4, -0.2) is 43.3 Å². The Hall–Kier alpha value is -1.14. The van der Waals surface area contributed by atoms with Crippen LogP contribution in [0.2, 0.25) is 0 Å². The fraction of sp³-hybridized carbons (Fsp3) is 0.857. The number of nitrogens with one attached hydrogen (secondary N) is 1. The molecule has 0 bridgehead atoms. The third kappa shape index (κ3) is 7.45. The third-order valence-corrected chi connectivity index (χ3v) is 3.43. The number of nitrogens with two attached hydrogens (primary N) is 1. The van der Waals surface area contributed by atoms with Crippen LogP contribution in [0.1, 0.15) is 40.0 Å². The lowest BCUT2D eigenvalue weighted by molar-refractivity contribution is -0.150. The average Bonchev–Trinajstić information content (AvgIpc) is 2.38. The van der Waals surface area contributed by atoms with E-state index in [0.717, 1.165) is 12.8 Å². The molecule has 0 radical (unpaired) electrons. The molecule has 0 aromatic carbocycles. The summed E-state index contributed by atoms with van der Waals surface area (Å²) in [4.78, 5) is 22.7. The number of aliphatic hydroxyl groups excluding tert-OH is 1. The number of methoxy groups -OCH3 is 1. The van der Waals surface area contributed by atoms with Gasteiger partial charge in [-0.05, 0) is 30.7 Å². The predicted octanol–water partition coefficient (Wildman–Crippen LogP) is 0.428. The van der Waals surface area contributed by atoms with Crippen molar-refractivity contribution in [3.05, 3.63) is 0 Å². The van der Waals surface area contributed by atoms with Gasteiger partial charge in [0.25, 0.3) is 0 Å². The summed E-state index contributed by atoms with van der Waals surface area (Å²) in [5, 5.41) is 11.9. The summed E-state index contributed by atoms with van der Waals surface area (Å²) < 4.78 is 4.36. The van der Waals surface area contributed by atoms with Crippen LogP contribution >= 0.6 is 0 Å². The highest BCUT2D eigenvalue weighted by atomic mass is 16.5. The maximum absolute atomic E-state index is 11.7. The summed E-state index contributed by atoms with van der Waals surface area (Å²) in [6.07, 6.45) is 0.657. The summed E-state index contributed by atoms with van der Waals surface area (Å²) in [5.74, 6) is -0.566. The molecule has 6 heteroatoms. The topological polar surface area (TPSA) is 102 Å². The lowest BCUT2D eigenvalue weighted by Crippen LogP contribution is -2.37. The molecule has 118 valence electrons. The van der Waals surface area contributed by atoms with Crippen molar-refractivity contribution in [1.29, 1.82) is 0 Å². The van der Waals surface area contributed by atoms with Crippen molar-refractivity contribution in [2.75, 3.05) is 20.2 Å². The van der Waals surface area contributed by atoms with Crippen molar-refractivity contribution in [3.8, 4) is 0 Å². The summed E-state index contributed by atoms with van der Waals surface area (Å²) in [6.45, 7) is 6.87. The largest absolute Gasteiger partial charge is 0.467 e. The second kappa shape index (κ2) is 8.92. The molecule has 20 heavy (non-hydrogen) atoms. The van der Waals surface area contributed by atoms with Crippen LogP contribution in [0.5, 0.6) is 0 Å². The van der Waals surface area contributed by atoms with Crippen molar-refractivity contribution in [2.24, 2.45) is 17.1 Å². The zero-order valence-electron chi connectivity index (χ0n) is 12.9. The van der Waals surface area contributed by atoms with E-state index < -0.39 is 12.1 Å². The van der Waals surface area contributed by atoms with E-state index in [1.807, 2.05) is 0 Å². The maximum atomic E-state index is 11.7. The van der Waals surface area contributed by atoms with Gasteiger partial charge in [0.15, 0.2) is 6.10 Å². The lowest BCUT2D eigenvalue weighted by atomic mass is 9.76. The lowest BCUT2D eigenvalue weighted by Gasteiger charge is -2.30. The minimum Gasteiger partial charge on any atom is -0.467 e. The molecule has 6 nitrogen and oxygen atoms in total. The summed E-state index contributed by atoms with van der Waals surface area (Å²) >= 11 is 0. The van der Waals surface area contributed by atoms with E-state index in [9.17, 15) is 14.7 Å². The highest BCUT2D eigenvalue weighted by Gasteiger charge is 2.24. The van der Waals surface area contributed by atoms with Crippen LogP contribution in [0.25, 0.3) is 0 Å². The molecule has 2 atom stereocenters. The first-order chi connectivity index (χ1) is 9.22. The van der Waals surface area contributed by atoms with Gasteiger partial charge in [-0.15, -0.1) is 0 Å². The summed E-state index contributed by atoms with van der Waals surface area (Å²) in [5.41, 5.74) is 5.70. The average molecular weight is 288 g/mol. The Kier molecular flexibility index (Phi) is 8.41. The van der Waals surface area contributed by atoms with Crippen LogP contribution in [0, 0.1) is 11.3 Å². The number of carbonyl (C=O) groups is 2. The van der Waals surface area contributed by atoms with E-state index in [4.69, 9.17) is 5.73 Å². The molecule has 0 fully saturated rings. The van der Waals surface area contributed by atoms with E-state index in [0.29, 0.717) is 18.9 Å². The van der Waals surface area contributed by atoms with Crippen LogP contribution < -0.4 is 11.1 Å². The van der Waals surface area contributed by atoms with Crippen LogP contribution in [0.3, 0.4) is 0 Å². The SMILES string of the molecule is COC(=O)C(O)CNC(=O)CCC(CCN)C(C)(C)C. The Morgan fingerprint density at radius 1 is 1.30 bits per heavy atom. The number of amides is 1. The normalized spacial score (nSPS) is 14.5. The van der Waals surface area contributed by atoms with Gasteiger partial charge >= 0.3 is 5.97 Å². The number of carbonyl (C=O) groups excluding carboxylic acids is 2. The number of hydrogen-bond acceptors (Lipinski definition) is 5. The van der Waals surface area contributed by atoms with Crippen molar-refractivity contribution >= 4 is 11.9 Å². The number of hydrogen-bond donors (Lipinski definition) is 3. The molecule has 0 aromatic heterocycles. The predicted molar refractivity (Wildman–Crippen MR) is 76.9 cm³/mol. The van der Waals surface area contributed by atoms with Gasteiger partial charge in [-0.2, -0.15) is 0 Å². The second-order valence-corrected chi connectivity index (χ2v) is 6.02. The number of ether oxygens (including phenoxy) is 1. The molecule has 0 aliphatic rings. The van der Waals surface area contributed by atoms with Gasteiger partial charge in [-0.25, -0.2) is 4.79 Å². The monoisotopic (exact) mass is 288 g/mol. The molecular formula is C14H28N2O4. The molecule has 0 spiro atoms. The smallest absolute Gasteiger partial charge is 0.336 e. The minimum atomic E-state index is -1.31. The maximum Gasteiger partial charge on any atom is 0.336 e. The van der Waals surface area contributed by atoms with Gasteiger partial charge in [-0.3, -0.25) is 4.79 Å². The van der Waals surface area contributed by atoms with Gasteiger partial charge in [0.2, 0.25) is 5.91 Å². The molecule has 0 rings (SSSR count). The standard InChI is InChI=1S/C14H28N2O4/c1-14(2,3)10(7-8-15)5-6-12(18)16-9-11(17)13(19)20-4/h10-11,17H,5-9,15H2,1-4H3,(H,16,18). The van der Waals surface area contributed by atoms with Gasteiger partial charge in [0, 0.05) is 6.42 Å². The van der Waals surface area contributed by atoms with E-state index in [1.165, 1.54) is 7.11 Å². The second-order valence-electron chi connectivity index (χ2n) is 6.02. The minimum absolute atomic E-state index is 0.102. The Morgan fingerprint density at radius 3 is 2.35 bits per heavy atom. The van der Waals surface area contributed by atoms with E-state index in [1.54, 1.807) is 0 Å². The van der Waals surface area contributed by atoms with Gasteiger partial charge in [0.1, 0.15) is 0 Å². The molecule has 0 aromatic rings. The summed E-state index contributed by atoms with van der Waals surface area (Å²) in [7, 11) is 1.19. The van der Waals surface area contributed by atoms with Crippen molar-refractivity contribution in [2.45, 2.75) is 46.1 Å². The van der Waals surface area contributed by atoms with Crippen molar-refractivity contribution < 1.29 is 19.4 Å². The molecule has 0 heterocycles. The first kappa shape index (κ1) is 18.9. The molecule has 0 saturated carbocycles. The highest BCUT2D eigenvalue weighted by molar-refractivity contribution is 5.78. The molecule has 0 saturated heterocycles. The van der Waals surface area contributed by atoms with Crippen LogP contribution in [0.4, 0.5) is 0 Å². The summed E-state index contributed by atoms with van der Waals surface area (Å²) in [6, 6.07) is 0. The Bertz CT molecular complexity index is 313. The van der Waals surface area contributed by atoms with E-state index >= 15 is 0 Å². The highest BCUT2D eigenvalue weighted by Crippen LogP contribution is 2.31. The molecule has 4 N–H and O–H groups in total. The van der Waals surface area contributed by atoms with Crippen LogP contribution in [-0.2, 0) is 14.3 Å². The molecule has 2 unspecified atom stereocenters. The Labute approximate surface area is 121 Å². The van der Waals surface area contributed by atoms with Gasteiger partial charge in [0.05, 0.1) is 13.7 Å². The fourth-order valence-electron chi connectivity index (χ4n) is 2.04. The van der Waals surface area contributed by atoms with E-state index in [2.05, 4.69) is 30.8 Å². The zero-order chi connectivity index (χ0) is 15.8. The Balaban J connectivity index is 4.11. The Morgan fingerprint density at radius 2 is 1.90 bits per heavy atom. The molecular weight excluding hydrogens is 260 g/mol. The third-order valence-electron chi connectivity index (χ3n) is 3.43. The molecule has 0 aliphatic carbocycles. The van der Waals surface area contributed by atoms with Crippen molar-refractivity contribution in [1.82, 2.24) is 5.32 Å². The molecule has 1 amide bonds. The van der Waals surface area contributed by atoms with E-state index in [-0.39, 0.29) is 17.9 Å². The quantitative estimate of drug-likeness (QED) is 0.562.